The molecule has 41 heavy (non-hydrogen) atoms. The molecule has 4 aromatic carbocycles. The van der Waals surface area contributed by atoms with Crippen LogP contribution >= 0.6 is 11.8 Å². The summed E-state index contributed by atoms with van der Waals surface area (Å²) in [7, 11) is 0. The maximum atomic E-state index is 6.70. The van der Waals surface area contributed by atoms with Gasteiger partial charge in [0, 0.05) is 0 Å². The average Bonchev–Trinajstić information content (AvgIpc) is 3.04. The molecule has 214 valence electrons. The quantitative estimate of drug-likeness (QED) is 0.162. The van der Waals surface area contributed by atoms with Crippen LogP contribution in [0.5, 0.6) is 0 Å². The summed E-state index contributed by atoms with van der Waals surface area (Å²) in [5, 5.41) is 0. The first-order chi connectivity index (χ1) is 20.3. The number of ether oxygens (including phenoxy) is 5. The third-order valence-corrected chi connectivity index (χ3v) is 7.92. The minimum absolute atomic E-state index is 0.249. The zero-order valence-corrected chi connectivity index (χ0v) is 24.2. The first-order valence-electron chi connectivity index (χ1n) is 14.1. The van der Waals surface area contributed by atoms with Gasteiger partial charge in [-0.3, -0.25) is 0 Å². The van der Waals surface area contributed by atoms with E-state index in [-0.39, 0.29) is 23.7 Å². The van der Waals surface area contributed by atoms with Crippen LogP contribution in [0.2, 0.25) is 0 Å². The molecule has 5 atom stereocenters. The van der Waals surface area contributed by atoms with E-state index in [1.165, 1.54) is 0 Å². The van der Waals surface area contributed by atoms with Crippen molar-refractivity contribution in [3.63, 3.8) is 0 Å². The molecule has 5 nitrogen and oxygen atoms in total. The molecule has 1 saturated heterocycles. The summed E-state index contributed by atoms with van der Waals surface area (Å²) in [4.78, 5) is 0. The minimum atomic E-state index is -0.404. The molecule has 1 aliphatic heterocycles. The van der Waals surface area contributed by atoms with Crippen molar-refractivity contribution >= 4 is 11.8 Å². The van der Waals surface area contributed by atoms with Gasteiger partial charge in [-0.15, -0.1) is 11.8 Å². The maximum Gasteiger partial charge on any atom is 0.132 e. The Morgan fingerprint density at radius 1 is 0.512 bits per heavy atom. The van der Waals surface area contributed by atoms with Crippen LogP contribution in [0.1, 0.15) is 22.3 Å². The lowest BCUT2D eigenvalue weighted by molar-refractivity contribution is -0.254. The van der Waals surface area contributed by atoms with Crippen molar-refractivity contribution in [1.29, 1.82) is 0 Å². The largest absolute Gasteiger partial charge is 0.374 e. The highest BCUT2D eigenvalue weighted by molar-refractivity contribution is 7.99. The van der Waals surface area contributed by atoms with Gasteiger partial charge in [-0.2, -0.15) is 0 Å². The predicted octanol–water partition coefficient (Wildman–Crippen LogP) is 7.05. The van der Waals surface area contributed by atoms with Gasteiger partial charge in [-0.25, -0.2) is 0 Å². The highest BCUT2D eigenvalue weighted by atomic mass is 32.2. The number of benzene rings is 4. The van der Waals surface area contributed by atoms with Gasteiger partial charge < -0.3 is 23.7 Å². The van der Waals surface area contributed by atoms with E-state index in [9.17, 15) is 0 Å². The molecule has 6 heteroatoms. The van der Waals surface area contributed by atoms with Gasteiger partial charge in [0.05, 0.1) is 33.0 Å². The Bertz CT molecular complexity index is 1260. The SMILES string of the molecule is CSC1OC(COCc2ccccc2)C(OCc2ccccc2)C(OCc2ccccc2)C1OCc1ccccc1. The Morgan fingerprint density at radius 2 is 0.902 bits per heavy atom. The van der Waals surface area contributed by atoms with Crippen molar-refractivity contribution in [2.45, 2.75) is 56.3 Å². The second-order valence-electron chi connectivity index (χ2n) is 10.1. The van der Waals surface area contributed by atoms with Crippen molar-refractivity contribution in [2.75, 3.05) is 12.9 Å². The molecule has 5 unspecified atom stereocenters. The molecule has 0 N–H and O–H groups in total. The summed E-state index contributed by atoms with van der Waals surface area (Å²) < 4.78 is 32.8. The topological polar surface area (TPSA) is 46.2 Å². The van der Waals surface area contributed by atoms with Crippen molar-refractivity contribution in [3.05, 3.63) is 144 Å². The maximum absolute atomic E-state index is 6.70. The zero-order chi connectivity index (χ0) is 28.1. The number of hydrogen-bond donors (Lipinski definition) is 0. The molecule has 0 bridgehead atoms. The first kappa shape index (κ1) is 29.5. The van der Waals surface area contributed by atoms with Gasteiger partial charge in [-0.1, -0.05) is 121 Å². The van der Waals surface area contributed by atoms with Crippen LogP contribution in [0, 0.1) is 0 Å². The van der Waals surface area contributed by atoms with E-state index in [4.69, 9.17) is 23.7 Å². The van der Waals surface area contributed by atoms with Crippen LogP contribution in [0.25, 0.3) is 0 Å². The normalized spacial score (nSPS) is 22.4. The molecular weight excluding hydrogens is 532 g/mol. The van der Waals surface area contributed by atoms with Crippen LogP contribution in [-0.2, 0) is 50.1 Å². The molecule has 0 radical (unpaired) electrons. The van der Waals surface area contributed by atoms with Gasteiger partial charge in [-0.05, 0) is 28.5 Å². The monoisotopic (exact) mass is 570 g/mol. The molecular formula is C35H38O5S. The average molecular weight is 571 g/mol. The van der Waals surface area contributed by atoms with Gasteiger partial charge >= 0.3 is 0 Å². The molecule has 1 fully saturated rings. The fourth-order valence-corrected chi connectivity index (χ4v) is 5.69. The third-order valence-electron chi connectivity index (χ3n) is 7.07. The van der Waals surface area contributed by atoms with Crippen LogP contribution in [0.3, 0.4) is 0 Å². The van der Waals surface area contributed by atoms with Gasteiger partial charge in [0.15, 0.2) is 0 Å². The Hall–Kier alpha value is -2.97. The molecule has 0 aliphatic carbocycles. The van der Waals surface area contributed by atoms with E-state index in [1.807, 2.05) is 79.1 Å². The summed E-state index contributed by atoms with van der Waals surface area (Å²) >= 11 is 1.63. The van der Waals surface area contributed by atoms with E-state index in [0.717, 1.165) is 22.3 Å². The Balaban J connectivity index is 1.38. The van der Waals surface area contributed by atoms with E-state index in [0.29, 0.717) is 33.0 Å². The number of hydrogen-bond acceptors (Lipinski definition) is 6. The lowest BCUT2D eigenvalue weighted by Gasteiger charge is -2.45. The smallest absolute Gasteiger partial charge is 0.132 e. The highest BCUT2D eigenvalue weighted by Gasteiger charge is 2.48. The van der Waals surface area contributed by atoms with Crippen LogP contribution < -0.4 is 0 Å². The first-order valence-corrected chi connectivity index (χ1v) is 15.4. The van der Waals surface area contributed by atoms with Crippen molar-refractivity contribution in [1.82, 2.24) is 0 Å². The van der Waals surface area contributed by atoms with E-state index in [2.05, 4.69) is 48.5 Å². The predicted molar refractivity (Wildman–Crippen MR) is 163 cm³/mol. The Kier molecular flexibility index (Phi) is 11.4. The summed E-state index contributed by atoms with van der Waals surface area (Å²) in [6, 6.07) is 40.8. The fourth-order valence-electron chi connectivity index (χ4n) is 4.94. The second kappa shape index (κ2) is 15.9. The van der Waals surface area contributed by atoms with Crippen molar-refractivity contribution < 1.29 is 23.7 Å². The summed E-state index contributed by atoms with van der Waals surface area (Å²) in [5.41, 5.74) is 4.16. The van der Waals surface area contributed by atoms with Gasteiger partial charge in [0.25, 0.3) is 0 Å². The molecule has 0 aromatic heterocycles. The third kappa shape index (κ3) is 8.76. The summed E-state index contributed by atoms with van der Waals surface area (Å²) in [6.07, 6.45) is 0.584. The van der Waals surface area contributed by atoms with Crippen LogP contribution in [-0.4, -0.2) is 42.7 Å². The second-order valence-corrected chi connectivity index (χ2v) is 11.0. The summed E-state index contributed by atoms with van der Waals surface area (Å²) in [5.74, 6) is 0. The number of rotatable bonds is 14. The summed E-state index contributed by atoms with van der Waals surface area (Å²) in [6.45, 7) is 2.21. The molecule has 0 saturated carbocycles. The highest BCUT2D eigenvalue weighted by Crippen LogP contribution is 2.34. The molecule has 4 aromatic rings. The van der Waals surface area contributed by atoms with Gasteiger partial charge in [0.1, 0.15) is 29.9 Å². The van der Waals surface area contributed by atoms with E-state index < -0.39 is 6.10 Å². The van der Waals surface area contributed by atoms with Crippen molar-refractivity contribution in [2.24, 2.45) is 0 Å². The molecule has 1 aliphatic rings. The van der Waals surface area contributed by atoms with Gasteiger partial charge in [0.2, 0.25) is 0 Å². The number of thioether (sulfide) groups is 1. The fraction of sp³-hybridized carbons (Fsp3) is 0.314. The molecule has 0 spiro atoms. The minimum Gasteiger partial charge on any atom is -0.374 e. The lowest BCUT2D eigenvalue weighted by Crippen LogP contribution is -2.60. The van der Waals surface area contributed by atoms with Crippen LogP contribution in [0.15, 0.2) is 121 Å². The standard InChI is InChI=1S/C35H38O5S/c1-41-35-34(39-25-30-20-12-5-13-21-30)33(38-24-29-18-10-4-11-19-29)32(37-23-28-16-8-3-9-17-28)31(40-35)26-36-22-27-14-6-2-7-15-27/h2-21,31-35H,22-26H2,1H3. The molecule has 0 amide bonds. The molecule has 5 rings (SSSR count). The lowest BCUT2D eigenvalue weighted by atomic mass is 9.98. The van der Waals surface area contributed by atoms with E-state index >= 15 is 0 Å². The van der Waals surface area contributed by atoms with E-state index in [1.54, 1.807) is 11.8 Å². The molecule has 1 heterocycles. The zero-order valence-electron chi connectivity index (χ0n) is 23.4. The van der Waals surface area contributed by atoms with Crippen molar-refractivity contribution in [3.8, 4) is 0 Å². The van der Waals surface area contributed by atoms with Crippen LogP contribution in [0.4, 0.5) is 0 Å². The Labute approximate surface area is 247 Å². The Morgan fingerprint density at radius 3 is 1.34 bits per heavy atom.